The van der Waals surface area contributed by atoms with Crippen molar-refractivity contribution in [3.05, 3.63) is 11.6 Å². The summed E-state index contributed by atoms with van der Waals surface area (Å²) in [5, 5.41) is 10.1. The van der Waals surface area contributed by atoms with E-state index < -0.39 is 6.10 Å². The average molecular weight is 209 g/mol. The van der Waals surface area contributed by atoms with Gasteiger partial charge in [-0.25, -0.2) is 4.79 Å². The standard InChI is InChI=1S/C11H15NO3/c1-2-6-7-4-3-5-12-8(7)10(9(6)13)15-11(12)14/h4,6,8-10,13H,2-3,5H2,1H3. The van der Waals surface area contributed by atoms with E-state index in [0.717, 1.165) is 19.4 Å². The summed E-state index contributed by atoms with van der Waals surface area (Å²) >= 11 is 0. The molecular formula is C11H15NO3. The van der Waals surface area contributed by atoms with Gasteiger partial charge in [-0.1, -0.05) is 13.0 Å². The summed E-state index contributed by atoms with van der Waals surface area (Å²) in [7, 11) is 0. The Hall–Kier alpha value is -1.03. The minimum Gasteiger partial charge on any atom is -0.441 e. The molecule has 2 heterocycles. The van der Waals surface area contributed by atoms with Gasteiger partial charge in [-0.05, 0) is 18.4 Å². The lowest BCUT2D eigenvalue weighted by molar-refractivity contribution is 0.0218. The molecule has 82 valence electrons. The zero-order chi connectivity index (χ0) is 10.6. The number of hydrogen-bond acceptors (Lipinski definition) is 3. The molecule has 4 heteroatoms. The third-order valence-electron chi connectivity index (χ3n) is 3.83. The lowest BCUT2D eigenvalue weighted by atomic mass is 9.94. The number of aliphatic hydroxyl groups excluding tert-OH is 1. The molecule has 2 fully saturated rings. The van der Waals surface area contributed by atoms with Gasteiger partial charge in [-0.15, -0.1) is 0 Å². The van der Waals surface area contributed by atoms with Gasteiger partial charge in [-0.3, -0.25) is 4.90 Å². The number of carbonyl (C=O) groups excluding carboxylic acids is 1. The summed E-state index contributed by atoms with van der Waals surface area (Å²) < 4.78 is 5.24. The first-order chi connectivity index (χ1) is 7.24. The molecule has 0 spiro atoms. The summed E-state index contributed by atoms with van der Waals surface area (Å²) in [6.07, 6.45) is 2.87. The van der Waals surface area contributed by atoms with Crippen molar-refractivity contribution in [2.45, 2.75) is 38.0 Å². The van der Waals surface area contributed by atoms with Crippen molar-refractivity contribution in [2.75, 3.05) is 6.54 Å². The second-order valence-electron chi connectivity index (χ2n) is 4.48. The molecule has 2 aliphatic heterocycles. The molecule has 3 rings (SSSR count). The zero-order valence-electron chi connectivity index (χ0n) is 8.72. The van der Waals surface area contributed by atoms with Crippen LogP contribution in [0.15, 0.2) is 11.6 Å². The number of carbonyl (C=O) groups is 1. The highest BCUT2D eigenvalue weighted by atomic mass is 16.6. The van der Waals surface area contributed by atoms with Crippen LogP contribution >= 0.6 is 0 Å². The third kappa shape index (κ3) is 1.03. The Kier molecular flexibility index (Phi) is 1.83. The zero-order valence-corrected chi connectivity index (χ0v) is 8.72. The van der Waals surface area contributed by atoms with E-state index >= 15 is 0 Å². The minimum atomic E-state index is -0.515. The number of hydrogen-bond donors (Lipinski definition) is 1. The summed E-state index contributed by atoms with van der Waals surface area (Å²) in [6.45, 7) is 2.79. The lowest BCUT2D eigenvalue weighted by Crippen LogP contribution is -2.39. The number of aliphatic hydroxyl groups is 1. The van der Waals surface area contributed by atoms with E-state index in [-0.39, 0.29) is 24.2 Å². The fraction of sp³-hybridized carbons (Fsp3) is 0.727. The largest absolute Gasteiger partial charge is 0.441 e. The number of rotatable bonds is 1. The Morgan fingerprint density at radius 3 is 3.20 bits per heavy atom. The fourth-order valence-electron chi connectivity index (χ4n) is 3.16. The molecule has 3 aliphatic rings. The van der Waals surface area contributed by atoms with Crippen molar-refractivity contribution in [3.8, 4) is 0 Å². The van der Waals surface area contributed by atoms with Gasteiger partial charge in [-0.2, -0.15) is 0 Å². The Morgan fingerprint density at radius 2 is 2.47 bits per heavy atom. The summed E-state index contributed by atoms with van der Waals surface area (Å²) in [6, 6.07) is 0.0196. The van der Waals surface area contributed by atoms with Crippen LogP contribution in [0.5, 0.6) is 0 Å². The molecule has 1 N–H and O–H groups in total. The van der Waals surface area contributed by atoms with Crippen LogP contribution < -0.4 is 0 Å². The lowest BCUT2D eigenvalue weighted by Gasteiger charge is -2.27. The van der Waals surface area contributed by atoms with Gasteiger partial charge in [0, 0.05) is 12.5 Å². The van der Waals surface area contributed by atoms with E-state index in [4.69, 9.17) is 4.74 Å². The van der Waals surface area contributed by atoms with Crippen molar-refractivity contribution >= 4 is 6.09 Å². The molecule has 0 bridgehead atoms. The van der Waals surface area contributed by atoms with Gasteiger partial charge >= 0.3 is 6.09 Å². The number of amides is 1. The first-order valence-corrected chi connectivity index (χ1v) is 5.59. The average Bonchev–Trinajstić information content (AvgIpc) is 2.70. The summed E-state index contributed by atoms with van der Waals surface area (Å²) in [5.41, 5.74) is 1.21. The quantitative estimate of drug-likeness (QED) is 0.653. The van der Waals surface area contributed by atoms with Gasteiger partial charge in [0.1, 0.15) is 0 Å². The van der Waals surface area contributed by atoms with E-state index in [1.54, 1.807) is 4.90 Å². The van der Waals surface area contributed by atoms with Crippen molar-refractivity contribution in [1.82, 2.24) is 4.90 Å². The van der Waals surface area contributed by atoms with Crippen LogP contribution in [0.2, 0.25) is 0 Å². The molecular weight excluding hydrogens is 194 g/mol. The molecule has 4 atom stereocenters. The molecule has 15 heavy (non-hydrogen) atoms. The molecule has 0 radical (unpaired) electrons. The van der Waals surface area contributed by atoms with Crippen LogP contribution in [0, 0.1) is 5.92 Å². The van der Waals surface area contributed by atoms with Gasteiger partial charge in [0.25, 0.3) is 0 Å². The highest BCUT2D eigenvalue weighted by Gasteiger charge is 2.56. The number of ether oxygens (including phenoxy) is 1. The molecule has 1 aliphatic carbocycles. The highest BCUT2D eigenvalue weighted by Crippen LogP contribution is 2.44. The maximum Gasteiger partial charge on any atom is 0.410 e. The van der Waals surface area contributed by atoms with Gasteiger partial charge in [0.2, 0.25) is 0 Å². The van der Waals surface area contributed by atoms with Gasteiger partial charge < -0.3 is 9.84 Å². The minimum absolute atomic E-state index is 0.0196. The Bertz CT molecular complexity index is 339. The Morgan fingerprint density at radius 1 is 1.67 bits per heavy atom. The normalized spacial score (nSPS) is 42.7. The second kappa shape index (κ2) is 2.98. The van der Waals surface area contributed by atoms with Crippen LogP contribution in [0.3, 0.4) is 0 Å². The molecule has 4 unspecified atom stereocenters. The Labute approximate surface area is 88.5 Å². The van der Waals surface area contributed by atoms with E-state index in [0.29, 0.717) is 0 Å². The van der Waals surface area contributed by atoms with Crippen molar-refractivity contribution in [1.29, 1.82) is 0 Å². The molecule has 1 saturated carbocycles. The summed E-state index contributed by atoms with van der Waals surface area (Å²) in [4.78, 5) is 13.3. The van der Waals surface area contributed by atoms with Crippen LogP contribution in [0.4, 0.5) is 4.79 Å². The van der Waals surface area contributed by atoms with Crippen LogP contribution in [0.1, 0.15) is 19.8 Å². The SMILES string of the molecule is CCC1C2=CCCN3C(=O)OC(C1O)C23. The highest BCUT2D eigenvalue weighted by molar-refractivity contribution is 5.73. The summed E-state index contributed by atoms with van der Waals surface area (Å²) in [5.74, 6) is 0.177. The monoisotopic (exact) mass is 209 g/mol. The van der Waals surface area contributed by atoms with Crippen LogP contribution in [0.25, 0.3) is 0 Å². The number of nitrogens with zero attached hydrogens (tertiary/aromatic N) is 1. The smallest absolute Gasteiger partial charge is 0.410 e. The van der Waals surface area contributed by atoms with E-state index in [1.807, 2.05) is 0 Å². The van der Waals surface area contributed by atoms with Crippen molar-refractivity contribution in [2.24, 2.45) is 5.92 Å². The second-order valence-corrected chi connectivity index (χ2v) is 4.48. The maximum absolute atomic E-state index is 11.5. The molecule has 0 aromatic carbocycles. The molecule has 0 aromatic heterocycles. The Balaban J connectivity index is 2.02. The predicted octanol–water partition coefficient (Wildman–Crippen LogP) is 0.907. The maximum atomic E-state index is 11.5. The van der Waals surface area contributed by atoms with Crippen molar-refractivity contribution in [3.63, 3.8) is 0 Å². The third-order valence-corrected chi connectivity index (χ3v) is 3.83. The van der Waals surface area contributed by atoms with Gasteiger partial charge in [0.05, 0.1) is 12.1 Å². The van der Waals surface area contributed by atoms with E-state index in [9.17, 15) is 9.90 Å². The predicted molar refractivity (Wildman–Crippen MR) is 53.3 cm³/mol. The van der Waals surface area contributed by atoms with Crippen molar-refractivity contribution < 1.29 is 14.6 Å². The molecule has 1 saturated heterocycles. The van der Waals surface area contributed by atoms with E-state index in [1.165, 1.54) is 5.57 Å². The van der Waals surface area contributed by atoms with Crippen LogP contribution in [-0.4, -0.2) is 40.9 Å². The van der Waals surface area contributed by atoms with E-state index in [2.05, 4.69) is 13.0 Å². The molecule has 4 nitrogen and oxygen atoms in total. The van der Waals surface area contributed by atoms with Crippen LogP contribution in [-0.2, 0) is 4.74 Å². The molecule has 1 amide bonds. The first kappa shape index (κ1) is 9.21. The topological polar surface area (TPSA) is 49.8 Å². The fourth-order valence-corrected chi connectivity index (χ4v) is 3.16. The van der Waals surface area contributed by atoms with Gasteiger partial charge in [0.15, 0.2) is 6.10 Å². The molecule has 0 aromatic rings. The first-order valence-electron chi connectivity index (χ1n) is 5.59.